The Morgan fingerprint density at radius 3 is 2.52 bits per heavy atom. The number of nitrogens with zero attached hydrogens (tertiary/aromatic N) is 1. The first-order valence-electron chi connectivity index (χ1n) is 12.0. The first kappa shape index (κ1) is 13.5. The molecule has 25 heavy (non-hydrogen) atoms. The Hall–Kier alpha value is -0.660. The lowest BCUT2D eigenvalue weighted by Crippen LogP contribution is -2.58. The van der Waals surface area contributed by atoms with Crippen LogP contribution in [0.4, 0.5) is 0 Å². The van der Waals surface area contributed by atoms with Crippen LogP contribution in [-0.2, 0) is 19.6 Å². The highest BCUT2D eigenvalue weighted by atomic mass is 32.2. The Balaban J connectivity index is 2.31. The van der Waals surface area contributed by atoms with Gasteiger partial charge in [-0.25, -0.2) is 13.1 Å². The van der Waals surface area contributed by atoms with Crippen molar-refractivity contribution in [1.82, 2.24) is 9.62 Å². The number of likely N-dealkylation sites (tertiary alicyclic amines) is 1. The van der Waals surface area contributed by atoms with Crippen molar-refractivity contribution in [2.75, 3.05) is 19.4 Å². The van der Waals surface area contributed by atoms with Gasteiger partial charge >= 0.3 is 0 Å². The number of amides is 1. The molecule has 1 N–H and O–H groups in total. The maximum absolute atomic E-state index is 12.1. The second kappa shape index (κ2) is 8.82. The van der Waals surface area contributed by atoms with Crippen molar-refractivity contribution in [1.29, 1.82) is 0 Å². The number of ether oxygens (including phenoxy) is 1. The topological polar surface area (TPSA) is 75.7 Å². The van der Waals surface area contributed by atoms with E-state index in [4.69, 9.17) is 13.0 Å². The molecule has 5 unspecified atom stereocenters. The summed E-state index contributed by atoms with van der Waals surface area (Å²) in [6, 6.07) is -1.40. The lowest BCUT2D eigenvalue weighted by Gasteiger charge is -2.41. The normalized spacial score (nSPS) is 52.4. The van der Waals surface area contributed by atoms with Gasteiger partial charge in [0.2, 0.25) is 15.9 Å². The number of hydrogen-bond donors (Lipinski definition) is 1. The molecule has 1 aliphatic heterocycles. The van der Waals surface area contributed by atoms with Crippen molar-refractivity contribution in [2.24, 2.45) is 11.8 Å². The molecule has 1 aliphatic carbocycles. The highest BCUT2D eigenvalue weighted by Crippen LogP contribution is 2.31. The molecule has 6 nitrogen and oxygen atoms in total. The number of sulfonamides is 1. The van der Waals surface area contributed by atoms with Gasteiger partial charge in [0, 0.05) is 26.4 Å². The molecule has 2 fully saturated rings. The molecule has 0 radical (unpaired) electrons. The number of piperidine rings is 1. The van der Waals surface area contributed by atoms with E-state index in [1.165, 1.54) is 11.8 Å². The minimum atomic E-state index is -3.58. The quantitative estimate of drug-likeness (QED) is 0.766. The smallest absolute Gasteiger partial charge is 0.219 e. The SMILES string of the molecule is [2H]C1C([2H])C([2H])(C(C)C)C([2H])C([2H])C1([2H])OC[C@H]1C(NS(C)(=O)=O)CCCN1C(C)=O. The standard InChI is InChI=1S/C18H34N2O4S/c1-13(2)15-7-9-16(10-8-15)24-12-18-17(19-25(4,22)23)6-5-11-20(18)14(3)21/h13,15-19H,5-12H2,1-4H3/t15?,16?,17?,18-/m0/s1/i7D,8D,9D,10D,15D,16D/t7?,8?,9?,10?,15?,16?,17?,18-. The zero-order chi connectivity index (χ0) is 23.9. The van der Waals surface area contributed by atoms with E-state index >= 15 is 0 Å². The van der Waals surface area contributed by atoms with E-state index in [0.29, 0.717) is 19.4 Å². The van der Waals surface area contributed by atoms with E-state index in [2.05, 4.69) is 4.72 Å². The highest BCUT2D eigenvalue weighted by molar-refractivity contribution is 7.88. The van der Waals surface area contributed by atoms with Gasteiger partial charge in [0.1, 0.15) is 0 Å². The van der Waals surface area contributed by atoms with Gasteiger partial charge in [-0.1, -0.05) is 13.8 Å². The lowest BCUT2D eigenvalue weighted by atomic mass is 9.80. The molecule has 7 heteroatoms. The van der Waals surface area contributed by atoms with Crippen LogP contribution in [0.2, 0.25) is 0 Å². The molecule has 146 valence electrons. The molecule has 6 atom stereocenters. The molecule has 0 aromatic heterocycles. The number of hydrogen-bond acceptors (Lipinski definition) is 4. The second-order valence-corrected chi connectivity index (χ2v) is 8.73. The average Bonchev–Trinajstić information content (AvgIpc) is 2.67. The van der Waals surface area contributed by atoms with Gasteiger partial charge in [0.25, 0.3) is 0 Å². The van der Waals surface area contributed by atoms with E-state index < -0.39 is 65.6 Å². The fourth-order valence-electron chi connectivity index (χ4n) is 3.20. The third kappa shape index (κ3) is 6.22. The Morgan fingerprint density at radius 1 is 1.36 bits per heavy atom. The van der Waals surface area contributed by atoms with Gasteiger partial charge in [0.05, 0.1) is 26.4 Å². The molecule has 1 heterocycles. The van der Waals surface area contributed by atoms with Crippen molar-refractivity contribution < 1.29 is 26.2 Å². The molecule has 1 saturated carbocycles. The Kier molecular flexibility index (Phi) is 4.76. The first-order chi connectivity index (χ1) is 14.1. The molecule has 2 aliphatic rings. The molecule has 1 amide bonds. The van der Waals surface area contributed by atoms with Crippen molar-refractivity contribution in [3.8, 4) is 0 Å². The molecule has 1 saturated heterocycles. The van der Waals surface area contributed by atoms with E-state index in [1.54, 1.807) is 13.8 Å². The van der Waals surface area contributed by atoms with Gasteiger partial charge in [-0.3, -0.25) is 4.79 Å². The van der Waals surface area contributed by atoms with Crippen LogP contribution >= 0.6 is 0 Å². The molecule has 0 aromatic rings. The molecule has 0 aromatic carbocycles. The molecular formula is C18H34N2O4S. The zero-order valence-corrected chi connectivity index (χ0v) is 16.2. The average molecular weight is 381 g/mol. The maximum Gasteiger partial charge on any atom is 0.219 e. The number of carbonyl (C=O) groups is 1. The van der Waals surface area contributed by atoms with Crippen molar-refractivity contribution in [3.63, 3.8) is 0 Å². The van der Waals surface area contributed by atoms with Crippen LogP contribution in [0.15, 0.2) is 0 Å². The molecular weight excluding hydrogens is 340 g/mol. The van der Waals surface area contributed by atoms with Gasteiger partial charge in [0.15, 0.2) is 0 Å². The summed E-state index contributed by atoms with van der Waals surface area (Å²) in [4.78, 5) is 13.6. The van der Waals surface area contributed by atoms with Crippen LogP contribution in [0.5, 0.6) is 0 Å². The fourth-order valence-corrected chi connectivity index (χ4v) is 4.02. The maximum atomic E-state index is 12.1. The van der Waals surface area contributed by atoms with Crippen molar-refractivity contribution in [2.45, 2.75) is 77.4 Å². The Morgan fingerprint density at radius 2 is 2.00 bits per heavy atom. The number of nitrogens with one attached hydrogen (secondary N) is 1. The van der Waals surface area contributed by atoms with Gasteiger partial charge in [-0.15, -0.1) is 0 Å². The van der Waals surface area contributed by atoms with Gasteiger partial charge in [-0.2, -0.15) is 0 Å². The van der Waals surface area contributed by atoms with Crippen LogP contribution in [0, 0.1) is 11.8 Å². The fraction of sp³-hybridized carbons (Fsp3) is 0.944. The summed E-state index contributed by atoms with van der Waals surface area (Å²) in [6.45, 7) is 4.76. The lowest BCUT2D eigenvalue weighted by molar-refractivity contribution is -0.136. The number of carbonyl (C=O) groups excluding carboxylic acids is 1. The monoisotopic (exact) mass is 380 g/mol. The van der Waals surface area contributed by atoms with E-state index in [9.17, 15) is 13.2 Å². The Bertz CT molecular complexity index is 754. The molecule has 2 rings (SSSR count). The van der Waals surface area contributed by atoms with Crippen LogP contribution in [0.25, 0.3) is 0 Å². The second-order valence-electron chi connectivity index (χ2n) is 6.95. The summed E-state index contributed by atoms with van der Waals surface area (Å²) in [5, 5.41) is 0. The Labute approximate surface area is 161 Å². The highest BCUT2D eigenvalue weighted by Gasteiger charge is 2.35. The third-order valence-electron chi connectivity index (χ3n) is 4.52. The van der Waals surface area contributed by atoms with E-state index in [1.807, 2.05) is 0 Å². The minimum Gasteiger partial charge on any atom is -0.376 e. The summed E-state index contributed by atoms with van der Waals surface area (Å²) in [6.07, 6.45) is -6.23. The summed E-state index contributed by atoms with van der Waals surface area (Å²) in [5.74, 6) is -2.44. The van der Waals surface area contributed by atoms with E-state index in [0.717, 1.165) is 6.26 Å². The first-order valence-corrected chi connectivity index (χ1v) is 10.5. The minimum absolute atomic E-state index is 0.289. The molecule has 0 bridgehead atoms. The summed E-state index contributed by atoms with van der Waals surface area (Å²) < 4.78 is 82.7. The van der Waals surface area contributed by atoms with Crippen LogP contribution in [0.1, 0.15) is 67.4 Å². The summed E-state index contributed by atoms with van der Waals surface area (Å²) >= 11 is 0. The summed E-state index contributed by atoms with van der Waals surface area (Å²) in [5.41, 5.74) is 0. The summed E-state index contributed by atoms with van der Waals surface area (Å²) in [7, 11) is -3.58. The van der Waals surface area contributed by atoms with Crippen LogP contribution in [0.3, 0.4) is 0 Å². The largest absolute Gasteiger partial charge is 0.376 e. The van der Waals surface area contributed by atoms with Gasteiger partial charge in [-0.05, 0) is 50.2 Å². The van der Waals surface area contributed by atoms with Crippen LogP contribution < -0.4 is 4.72 Å². The van der Waals surface area contributed by atoms with Crippen LogP contribution in [-0.4, -0.2) is 56.8 Å². The van der Waals surface area contributed by atoms with Gasteiger partial charge < -0.3 is 9.64 Å². The predicted molar refractivity (Wildman–Crippen MR) is 98.7 cm³/mol. The number of rotatable bonds is 6. The van der Waals surface area contributed by atoms with Crippen molar-refractivity contribution in [3.05, 3.63) is 0 Å². The zero-order valence-electron chi connectivity index (χ0n) is 21.4. The van der Waals surface area contributed by atoms with E-state index in [-0.39, 0.29) is 12.5 Å². The third-order valence-corrected chi connectivity index (χ3v) is 5.25. The van der Waals surface area contributed by atoms with Crippen molar-refractivity contribution >= 4 is 15.9 Å². The predicted octanol–water partition coefficient (Wildman–Crippen LogP) is 2.15. The molecule has 0 spiro atoms.